The van der Waals surface area contributed by atoms with Crippen LogP contribution in [0.5, 0.6) is 11.5 Å². The van der Waals surface area contributed by atoms with E-state index in [1.807, 2.05) is 6.07 Å². The van der Waals surface area contributed by atoms with E-state index in [0.29, 0.717) is 0 Å². The van der Waals surface area contributed by atoms with E-state index in [0.717, 1.165) is 24.3 Å². The molecule has 0 unspecified atom stereocenters. The summed E-state index contributed by atoms with van der Waals surface area (Å²) in [5, 5.41) is 8.61. The van der Waals surface area contributed by atoms with Gasteiger partial charge in [0.2, 0.25) is 0 Å². The average molecular weight is 378 g/mol. The molecule has 0 saturated heterocycles. The SMILES string of the molecule is N#Cc1ccc(OS(=O)(=O)c2ccc(OC(F)(F)F)cc2)c(Cl)c1. The minimum absolute atomic E-state index is 0.102. The first-order valence-corrected chi connectivity index (χ1v) is 7.89. The van der Waals surface area contributed by atoms with E-state index in [2.05, 4.69) is 4.74 Å². The molecular formula is C14H7ClF3NO4S. The van der Waals surface area contributed by atoms with Gasteiger partial charge in [-0.3, -0.25) is 0 Å². The number of hydrogen-bond acceptors (Lipinski definition) is 5. The molecule has 5 nitrogen and oxygen atoms in total. The van der Waals surface area contributed by atoms with Crippen molar-refractivity contribution in [3.8, 4) is 17.6 Å². The molecule has 0 amide bonds. The molecule has 2 aromatic rings. The summed E-state index contributed by atoms with van der Waals surface area (Å²) < 4.78 is 68.9. The molecule has 0 N–H and O–H groups in total. The quantitative estimate of drug-likeness (QED) is 0.756. The van der Waals surface area contributed by atoms with Gasteiger partial charge in [-0.2, -0.15) is 13.7 Å². The Morgan fingerprint density at radius 3 is 2.21 bits per heavy atom. The third-order valence-electron chi connectivity index (χ3n) is 2.61. The second-order valence-electron chi connectivity index (χ2n) is 4.31. The van der Waals surface area contributed by atoms with E-state index in [4.69, 9.17) is 21.0 Å². The molecule has 0 aliphatic carbocycles. The lowest BCUT2D eigenvalue weighted by Crippen LogP contribution is -2.17. The van der Waals surface area contributed by atoms with Gasteiger partial charge in [-0.1, -0.05) is 11.6 Å². The van der Waals surface area contributed by atoms with Gasteiger partial charge in [0.15, 0.2) is 5.75 Å². The molecule has 2 rings (SSSR count). The highest BCUT2D eigenvalue weighted by atomic mass is 35.5. The van der Waals surface area contributed by atoms with Gasteiger partial charge >= 0.3 is 16.5 Å². The number of nitriles is 1. The van der Waals surface area contributed by atoms with Crippen LogP contribution in [0.4, 0.5) is 13.2 Å². The van der Waals surface area contributed by atoms with Crippen molar-refractivity contribution in [2.24, 2.45) is 0 Å². The predicted octanol–water partition coefficient (Wildman–Crippen LogP) is 3.88. The molecule has 0 atom stereocenters. The van der Waals surface area contributed by atoms with Crippen molar-refractivity contribution in [3.63, 3.8) is 0 Å². The fraction of sp³-hybridized carbons (Fsp3) is 0.0714. The number of nitrogens with zero attached hydrogens (tertiary/aromatic N) is 1. The molecule has 10 heteroatoms. The van der Waals surface area contributed by atoms with E-state index in [1.54, 1.807) is 0 Å². The maximum absolute atomic E-state index is 12.1. The Morgan fingerprint density at radius 2 is 1.71 bits per heavy atom. The highest BCUT2D eigenvalue weighted by Gasteiger charge is 2.31. The monoisotopic (exact) mass is 377 g/mol. The van der Waals surface area contributed by atoms with E-state index >= 15 is 0 Å². The molecular weight excluding hydrogens is 371 g/mol. The Bertz CT molecular complexity index is 890. The summed E-state index contributed by atoms with van der Waals surface area (Å²) >= 11 is 5.81. The smallest absolute Gasteiger partial charge is 0.406 e. The van der Waals surface area contributed by atoms with Crippen LogP contribution in [0.1, 0.15) is 5.56 Å². The second-order valence-corrected chi connectivity index (χ2v) is 6.27. The second kappa shape index (κ2) is 6.59. The summed E-state index contributed by atoms with van der Waals surface area (Å²) in [5.41, 5.74) is 0.207. The van der Waals surface area contributed by atoms with Gasteiger partial charge in [-0.25, -0.2) is 0 Å². The first-order chi connectivity index (χ1) is 11.1. The van der Waals surface area contributed by atoms with E-state index in [-0.39, 0.29) is 16.3 Å². The number of ether oxygens (including phenoxy) is 1. The van der Waals surface area contributed by atoms with Gasteiger partial charge in [0.05, 0.1) is 16.7 Å². The molecule has 0 heterocycles. The summed E-state index contributed by atoms with van der Waals surface area (Å²) in [6.07, 6.45) is -4.88. The normalized spacial score (nSPS) is 11.6. The van der Waals surface area contributed by atoms with Gasteiger partial charge in [0.25, 0.3) is 0 Å². The first-order valence-electron chi connectivity index (χ1n) is 6.11. The van der Waals surface area contributed by atoms with E-state index in [9.17, 15) is 21.6 Å². The molecule has 0 bridgehead atoms. The van der Waals surface area contributed by atoms with Gasteiger partial charge in [0.1, 0.15) is 10.6 Å². The zero-order chi connectivity index (χ0) is 18.0. The van der Waals surface area contributed by atoms with Crippen molar-refractivity contribution < 1.29 is 30.5 Å². The lowest BCUT2D eigenvalue weighted by Gasteiger charge is -2.11. The largest absolute Gasteiger partial charge is 0.573 e. The number of benzene rings is 2. The third-order valence-corrected chi connectivity index (χ3v) is 4.15. The van der Waals surface area contributed by atoms with Crippen molar-refractivity contribution in [2.75, 3.05) is 0 Å². The highest BCUT2D eigenvalue weighted by Crippen LogP contribution is 2.29. The van der Waals surface area contributed by atoms with Crippen LogP contribution in [0.15, 0.2) is 47.4 Å². The molecule has 0 aromatic heterocycles. The molecule has 0 aliphatic rings. The van der Waals surface area contributed by atoms with Crippen molar-refractivity contribution in [2.45, 2.75) is 11.3 Å². The Hall–Kier alpha value is -2.44. The van der Waals surface area contributed by atoms with Gasteiger partial charge in [-0.15, -0.1) is 13.2 Å². The number of alkyl halides is 3. The van der Waals surface area contributed by atoms with E-state index in [1.165, 1.54) is 18.2 Å². The van der Waals surface area contributed by atoms with Crippen molar-refractivity contribution in [1.29, 1.82) is 5.26 Å². The first kappa shape index (κ1) is 17.9. The van der Waals surface area contributed by atoms with E-state index < -0.39 is 27.1 Å². The minimum Gasteiger partial charge on any atom is -0.406 e. The van der Waals surface area contributed by atoms with Crippen LogP contribution < -0.4 is 8.92 Å². The molecule has 2 aromatic carbocycles. The molecule has 0 radical (unpaired) electrons. The fourth-order valence-electron chi connectivity index (χ4n) is 1.61. The van der Waals surface area contributed by atoms with Crippen LogP contribution in [-0.4, -0.2) is 14.8 Å². The Labute approximate surface area is 139 Å². The summed E-state index contributed by atoms with van der Waals surface area (Å²) in [4.78, 5) is -0.391. The van der Waals surface area contributed by atoms with Crippen molar-refractivity contribution in [1.82, 2.24) is 0 Å². The van der Waals surface area contributed by atoms with Crippen molar-refractivity contribution in [3.05, 3.63) is 53.1 Å². The zero-order valence-corrected chi connectivity index (χ0v) is 13.1. The topological polar surface area (TPSA) is 76.4 Å². The Balaban J connectivity index is 2.23. The predicted molar refractivity (Wildman–Crippen MR) is 77.1 cm³/mol. The maximum atomic E-state index is 12.1. The molecule has 0 spiro atoms. The Kier molecular flexibility index (Phi) is 4.91. The molecule has 24 heavy (non-hydrogen) atoms. The van der Waals surface area contributed by atoms with Gasteiger partial charge in [0, 0.05) is 0 Å². The van der Waals surface area contributed by atoms with Gasteiger partial charge < -0.3 is 8.92 Å². The van der Waals surface area contributed by atoms with Crippen LogP contribution in [0.25, 0.3) is 0 Å². The van der Waals surface area contributed by atoms with Gasteiger partial charge in [-0.05, 0) is 42.5 Å². The number of rotatable bonds is 4. The standard InChI is InChI=1S/C14H7ClF3NO4S/c15-12-7-9(8-19)1-6-13(12)23-24(20,21)11-4-2-10(3-5-11)22-14(16,17)18/h1-7H. The zero-order valence-electron chi connectivity index (χ0n) is 11.5. The third kappa shape index (κ3) is 4.53. The number of halogens is 4. The lowest BCUT2D eigenvalue weighted by atomic mass is 10.2. The van der Waals surface area contributed by atoms with Crippen LogP contribution >= 0.6 is 11.6 Å². The van der Waals surface area contributed by atoms with Crippen LogP contribution in [0, 0.1) is 11.3 Å². The summed E-state index contributed by atoms with van der Waals surface area (Å²) in [6, 6.07) is 9.00. The molecule has 0 fully saturated rings. The average Bonchev–Trinajstić information content (AvgIpc) is 2.48. The highest BCUT2D eigenvalue weighted by molar-refractivity contribution is 7.87. The molecule has 0 aliphatic heterocycles. The van der Waals surface area contributed by atoms with Crippen LogP contribution in [0.2, 0.25) is 5.02 Å². The maximum Gasteiger partial charge on any atom is 0.573 e. The van der Waals surface area contributed by atoms with Crippen LogP contribution in [-0.2, 0) is 10.1 Å². The minimum atomic E-state index is -4.88. The molecule has 0 saturated carbocycles. The Morgan fingerprint density at radius 1 is 1.08 bits per heavy atom. The summed E-state index contributed by atoms with van der Waals surface area (Å²) in [6.45, 7) is 0. The van der Waals surface area contributed by atoms with Crippen molar-refractivity contribution >= 4 is 21.7 Å². The van der Waals surface area contributed by atoms with Crippen LogP contribution in [0.3, 0.4) is 0 Å². The summed E-state index contributed by atoms with van der Waals surface area (Å²) in [7, 11) is -4.32. The fourth-order valence-corrected chi connectivity index (χ4v) is 2.82. The lowest BCUT2D eigenvalue weighted by molar-refractivity contribution is -0.274. The molecule has 126 valence electrons. The number of hydrogen-bond donors (Lipinski definition) is 0. The summed E-state index contributed by atoms with van der Waals surface area (Å²) in [5.74, 6) is -0.788.